The van der Waals surface area contributed by atoms with Crippen molar-refractivity contribution in [3.05, 3.63) is 0 Å². The number of nitrogens with one attached hydrogen (secondary N) is 3. The first-order valence-corrected chi connectivity index (χ1v) is 14.5. The Labute approximate surface area is 207 Å². The van der Waals surface area contributed by atoms with Gasteiger partial charge >= 0.3 is 6.03 Å². The van der Waals surface area contributed by atoms with Crippen LogP contribution >= 0.6 is 11.6 Å². The average Bonchev–Trinajstić information content (AvgIpc) is 3.29. The summed E-state index contributed by atoms with van der Waals surface area (Å²) in [4.78, 5) is 12.4. The van der Waals surface area contributed by atoms with Gasteiger partial charge < -0.3 is 5.32 Å². The standard InChI is InChI=1S/C28H48ClN3O/c1-17(2)7-6-8-18(3)21-9-10-22-20-16-28(30-25(33)31-32-28)24-15-19(29)11-13-27(24,5)23(20)12-14-26(21,22)4/h17-24,32H,6-16H2,1-5H3,(H2,30,31,33)/t18-,19+,20+,21-,22+,23+,24+,26-,27-,28-/m1/s1. The number of halogens is 1. The Morgan fingerprint density at radius 2 is 1.73 bits per heavy atom. The van der Waals surface area contributed by atoms with E-state index in [9.17, 15) is 4.79 Å². The Balaban J connectivity index is 1.41. The molecule has 1 saturated heterocycles. The molecule has 5 heteroatoms. The monoisotopic (exact) mass is 477 g/mol. The van der Waals surface area contributed by atoms with Crippen LogP contribution in [0.2, 0.25) is 0 Å². The number of hydrogen-bond donors (Lipinski definition) is 3. The van der Waals surface area contributed by atoms with Crippen molar-refractivity contribution in [2.24, 2.45) is 52.3 Å². The summed E-state index contributed by atoms with van der Waals surface area (Å²) >= 11 is 6.74. The van der Waals surface area contributed by atoms with Gasteiger partial charge in [0.2, 0.25) is 0 Å². The minimum atomic E-state index is -0.334. The van der Waals surface area contributed by atoms with Crippen molar-refractivity contribution in [2.45, 2.75) is 116 Å². The number of carbonyl (C=O) groups excluding carboxylic acids is 1. The summed E-state index contributed by atoms with van der Waals surface area (Å²) in [5, 5.41) is 3.62. The molecule has 4 nitrogen and oxygen atoms in total. The summed E-state index contributed by atoms with van der Waals surface area (Å²) in [6.45, 7) is 12.5. The van der Waals surface area contributed by atoms with E-state index < -0.39 is 0 Å². The van der Waals surface area contributed by atoms with Gasteiger partial charge in [-0.2, -0.15) is 0 Å². The van der Waals surface area contributed by atoms with Gasteiger partial charge in [0.25, 0.3) is 0 Å². The molecule has 10 atom stereocenters. The van der Waals surface area contributed by atoms with Gasteiger partial charge in [-0.3, -0.25) is 5.43 Å². The van der Waals surface area contributed by atoms with Crippen LogP contribution in [0.25, 0.3) is 0 Å². The van der Waals surface area contributed by atoms with E-state index in [1.807, 2.05) is 0 Å². The van der Waals surface area contributed by atoms with Crippen LogP contribution < -0.4 is 16.2 Å². The van der Waals surface area contributed by atoms with Gasteiger partial charge in [0.15, 0.2) is 0 Å². The lowest BCUT2D eigenvalue weighted by atomic mass is 9.42. The lowest BCUT2D eigenvalue weighted by molar-refractivity contribution is -0.154. The van der Waals surface area contributed by atoms with Crippen LogP contribution in [0.15, 0.2) is 0 Å². The predicted octanol–water partition coefficient (Wildman–Crippen LogP) is 6.84. The first-order valence-electron chi connectivity index (χ1n) is 14.1. The van der Waals surface area contributed by atoms with Gasteiger partial charge in [-0.25, -0.2) is 10.2 Å². The number of amides is 2. The predicted molar refractivity (Wildman–Crippen MR) is 136 cm³/mol. The van der Waals surface area contributed by atoms with Crippen LogP contribution in [0.3, 0.4) is 0 Å². The van der Waals surface area contributed by atoms with Crippen LogP contribution in [-0.4, -0.2) is 17.1 Å². The molecule has 5 aliphatic rings. The number of carbonyl (C=O) groups is 1. The maximum Gasteiger partial charge on any atom is 0.330 e. The largest absolute Gasteiger partial charge is 0.330 e. The Hall–Kier alpha value is -0.480. The molecular formula is C28H48ClN3O. The van der Waals surface area contributed by atoms with Crippen molar-refractivity contribution in [1.29, 1.82) is 0 Å². The van der Waals surface area contributed by atoms with Gasteiger partial charge in [0.1, 0.15) is 5.66 Å². The summed E-state index contributed by atoms with van der Waals surface area (Å²) in [6.07, 6.45) is 14.1. The molecule has 0 radical (unpaired) electrons. The van der Waals surface area contributed by atoms with E-state index in [0.717, 1.165) is 48.9 Å². The fourth-order valence-corrected chi connectivity index (χ4v) is 10.4. The third-order valence-corrected chi connectivity index (χ3v) is 12.1. The van der Waals surface area contributed by atoms with Crippen LogP contribution in [0.5, 0.6) is 0 Å². The number of hydrazine groups is 1. The van der Waals surface area contributed by atoms with Gasteiger partial charge in [0.05, 0.1) is 0 Å². The fraction of sp³-hybridized carbons (Fsp3) is 0.964. The van der Waals surface area contributed by atoms with Gasteiger partial charge in [-0.05, 0) is 97.7 Å². The van der Waals surface area contributed by atoms with E-state index in [1.165, 1.54) is 51.4 Å². The van der Waals surface area contributed by atoms with Crippen LogP contribution in [-0.2, 0) is 0 Å². The van der Waals surface area contributed by atoms with Crippen molar-refractivity contribution < 1.29 is 4.79 Å². The highest BCUT2D eigenvalue weighted by atomic mass is 35.5. The van der Waals surface area contributed by atoms with Crippen molar-refractivity contribution in [3.63, 3.8) is 0 Å². The summed E-state index contributed by atoms with van der Waals surface area (Å²) in [7, 11) is 0. The summed E-state index contributed by atoms with van der Waals surface area (Å²) < 4.78 is 0. The number of urea groups is 1. The van der Waals surface area contributed by atoms with Crippen molar-refractivity contribution >= 4 is 17.6 Å². The van der Waals surface area contributed by atoms with Crippen LogP contribution in [0.4, 0.5) is 4.79 Å². The van der Waals surface area contributed by atoms with E-state index in [4.69, 9.17) is 11.6 Å². The molecule has 2 amide bonds. The molecule has 4 aliphatic carbocycles. The van der Waals surface area contributed by atoms with Crippen molar-refractivity contribution in [2.75, 3.05) is 0 Å². The maximum absolute atomic E-state index is 12.4. The molecule has 5 rings (SSSR count). The molecule has 33 heavy (non-hydrogen) atoms. The smallest absolute Gasteiger partial charge is 0.317 e. The number of rotatable bonds is 5. The Morgan fingerprint density at radius 1 is 1.00 bits per heavy atom. The molecule has 0 aromatic heterocycles. The minimum absolute atomic E-state index is 0.0610. The highest BCUT2D eigenvalue weighted by Gasteiger charge is 2.67. The van der Waals surface area contributed by atoms with E-state index in [0.29, 0.717) is 17.3 Å². The third kappa shape index (κ3) is 3.85. The lowest BCUT2D eigenvalue weighted by Gasteiger charge is -2.65. The second-order valence-electron chi connectivity index (χ2n) is 13.7. The van der Waals surface area contributed by atoms with E-state index >= 15 is 0 Å². The first kappa shape index (κ1) is 24.2. The molecule has 0 aromatic carbocycles. The van der Waals surface area contributed by atoms with Crippen molar-refractivity contribution in [1.82, 2.24) is 16.2 Å². The molecule has 188 valence electrons. The molecule has 1 aliphatic heterocycles. The number of fused-ring (bicyclic) bond motifs is 6. The molecule has 1 heterocycles. The molecule has 0 bridgehead atoms. The quantitative estimate of drug-likeness (QED) is 0.379. The molecular weight excluding hydrogens is 430 g/mol. The highest BCUT2D eigenvalue weighted by molar-refractivity contribution is 6.20. The van der Waals surface area contributed by atoms with E-state index in [1.54, 1.807) is 0 Å². The number of hydrogen-bond acceptors (Lipinski definition) is 2. The topological polar surface area (TPSA) is 53.2 Å². The van der Waals surface area contributed by atoms with Gasteiger partial charge in [0, 0.05) is 11.3 Å². The second kappa shape index (κ2) is 8.57. The SMILES string of the molecule is CC(C)CCC[C@@H](C)[C@H]1CC[C@H]2[C@@H]3C[C@@]4(NNC(=O)N4)[C@H]4C[C@@H](Cl)CC[C@]4(C)[C@H]3CC[C@]12C. The minimum Gasteiger partial charge on any atom is -0.317 e. The molecule has 0 aromatic rings. The third-order valence-electron chi connectivity index (χ3n) is 11.7. The summed E-state index contributed by atoms with van der Waals surface area (Å²) in [5.41, 5.74) is 6.80. The van der Waals surface area contributed by atoms with E-state index in [2.05, 4.69) is 50.8 Å². The highest BCUT2D eigenvalue weighted by Crippen LogP contribution is 2.69. The molecule has 4 saturated carbocycles. The Morgan fingerprint density at radius 3 is 2.42 bits per heavy atom. The zero-order chi connectivity index (χ0) is 23.6. The summed E-state index contributed by atoms with van der Waals surface area (Å²) in [6, 6.07) is -0.0610. The Bertz CT molecular complexity index is 759. The number of alkyl halides is 1. The zero-order valence-corrected chi connectivity index (χ0v) is 22.4. The molecule has 3 N–H and O–H groups in total. The fourth-order valence-electron chi connectivity index (χ4n) is 10.1. The van der Waals surface area contributed by atoms with Gasteiger partial charge in [-0.1, -0.05) is 53.9 Å². The Kier molecular flexibility index (Phi) is 6.29. The lowest BCUT2D eigenvalue weighted by Crippen LogP contribution is -2.70. The van der Waals surface area contributed by atoms with E-state index in [-0.39, 0.29) is 22.5 Å². The molecule has 0 unspecified atom stereocenters. The van der Waals surface area contributed by atoms with Crippen LogP contribution in [0.1, 0.15) is 105 Å². The molecule has 1 spiro atoms. The zero-order valence-electron chi connectivity index (χ0n) is 21.7. The first-order chi connectivity index (χ1) is 15.6. The van der Waals surface area contributed by atoms with Gasteiger partial charge in [-0.15, -0.1) is 11.6 Å². The molecule has 5 fully saturated rings. The summed E-state index contributed by atoms with van der Waals surface area (Å²) in [5.74, 6) is 5.16. The van der Waals surface area contributed by atoms with Crippen molar-refractivity contribution in [3.8, 4) is 0 Å². The second-order valence-corrected chi connectivity index (χ2v) is 14.3. The normalized spacial score (nSPS) is 49.8. The average molecular weight is 478 g/mol. The maximum atomic E-state index is 12.4. The van der Waals surface area contributed by atoms with Crippen LogP contribution in [0, 0.1) is 52.3 Å².